The maximum absolute atomic E-state index is 12.0. The lowest BCUT2D eigenvalue weighted by atomic mass is 10.2. The predicted octanol–water partition coefficient (Wildman–Crippen LogP) is 4.81. The van der Waals surface area contributed by atoms with Crippen molar-refractivity contribution >= 4 is 34.7 Å². The van der Waals surface area contributed by atoms with Crippen LogP contribution < -0.4 is 20.1 Å². The van der Waals surface area contributed by atoms with Gasteiger partial charge >= 0.3 is 0 Å². The fourth-order valence-electron chi connectivity index (χ4n) is 2.48. The average molecular weight is 398 g/mol. The van der Waals surface area contributed by atoms with Crippen molar-refractivity contribution in [3.8, 4) is 11.5 Å². The lowest BCUT2D eigenvalue weighted by Gasteiger charge is -2.12. The topological polar surface area (TPSA) is 72.5 Å². The monoisotopic (exact) mass is 397 g/mol. The van der Waals surface area contributed by atoms with Gasteiger partial charge < -0.3 is 20.1 Å². The van der Waals surface area contributed by atoms with E-state index in [9.17, 15) is 4.79 Å². The first-order valence-electron chi connectivity index (χ1n) is 8.59. The molecule has 0 aliphatic carbocycles. The van der Waals surface area contributed by atoms with Crippen molar-refractivity contribution in [1.29, 1.82) is 0 Å². The zero-order valence-electron chi connectivity index (χ0n) is 15.5. The van der Waals surface area contributed by atoms with Gasteiger partial charge in [0, 0.05) is 5.02 Å². The van der Waals surface area contributed by atoms with Crippen LogP contribution >= 0.6 is 11.6 Å². The Hall–Kier alpha value is -3.25. The number of hydrogen-bond donors (Lipinski definition) is 2. The number of aromatic nitrogens is 1. The number of nitrogens with zero attached hydrogens (tertiary/aromatic N) is 1. The summed E-state index contributed by atoms with van der Waals surface area (Å²) in [4.78, 5) is 16.3. The van der Waals surface area contributed by atoms with Crippen LogP contribution in [0.2, 0.25) is 5.02 Å². The summed E-state index contributed by atoms with van der Waals surface area (Å²) >= 11 is 5.81. The van der Waals surface area contributed by atoms with Crippen LogP contribution in [-0.2, 0) is 4.79 Å². The van der Waals surface area contributed by atoms with Crippen LogP contribution in [0.4, 0.5) is 17.2 Å². The number of rotatable bonds is 7. The molecule has 0 fully saturated rings. The van der Waals surface area contributed by atoms with E-state index in [4.69, 9.17) is 21.1 Å². The normalized spacial score (nSPS) is 10.2. The van der Waals surface area contributed by atoms with Gasteiger partial charge in [-0.1, -0.05) is 17.7 Å². The number of ether oxygens (including phenoxy) is 2. The van der Waals surface area contributed by atoms with Crippen molar-refractivity contribution < 1.29 is 14.3 Å². The minimum absolute atomic E-state index is 0.121. The van der Waals surface area contributed by atoms with Crippen molar-refractivity contribution in [3.05, 3.63) is 71.4 Å². The molecule has 6 nitrogen and oxygen atoms in total. The molecule has 28 heavy (non-hydrogen) atoms. The van der Waals surface area contributed by atoms with Gasteiger partial charge in [0.15, 0.2) is 6.61 Å². The Morgan fingerprint density at radius 3 is 2.57 bits per heavy atom. The minimum atomic E-state index is -0.302. The molecule has 0 unspecified atom stereocenters. The van der Waals surface area contributed by atoms with Crippen LogP contribution in [0.15, 0.2) is 60.8 Å². The predicted molar refractivity (Wildman–Crippen MR) is 111 cm³/mol. The van der Waals surface area contributed by atoms with Crippen molar-refractivity contribution in [2.75, 3.05) is 24.4 Å². The number of anilines is 3. The number of methoxy groups -OCH3 is 1. The van der Waals surface area contributed by atoms with Crippen LogP contribution in [-0.4, -0.2) is 24.6 Å². The second-order valence-electron chi connectivity index (χ2n) is 6.05. The van der Waals surface area contributed by atoms with E-state index in [1.807, 2.05) is 31.2 Å². The molecule has 3 aromatic rings. The number of carbonyl (C=O) groups is 1. The summed E-state index contributed by atoms with van der Waals surface area (Å²) in [6, 6.07) is 16.2. The highest BCUT2D eigenvalue weighted by Gasteiger charge is 2.07. The molecule has 3 rings (SSSR count). The third-order valence-electron chi connectivity index (χ3n) is 3.85. The molecule has 0 bridgehead atoms. The molecular weight excluding hydrogens is 378 g/mol. The molecule has 0 saturated carbocycles. The van der Waals surface area contributed by atoms with Gasteiger partial charge in [-0.25, -0.2) is 4.98 Å². The molecule has 0 aliphatic rings. The van der Waals surface area contributed by atoms with Crippen molar-refractivity contribution in [2.45, 2.75) is 6.92 Å². The third-order valence-corrected chi connectivity index (χ3v) is 4.10. The van der Waals surface area contributed by atoms with Crippen LogP contribution in [0.1, 0.15) is 5.56 Å². The maximum atomic E-state index is 12.0. The summed E-state index contributed by atoms with van der Waals surface area (Å²) in [5, 5.41) is 6.56. The summed E-state index contributed by atoms with van der Waals surface area (Å²) < 4.78 is 10.8. The highest BCUT2D eigenvalue weighted by atomic mass is 35.5. The molecule has 0 aliphatic heterocycles. The van der Waals surface area contributed by atoms with E-state index in [-0.39, 0.29) is 12.5 Å². The lowest BCUT2D eigenvalue weighted by molar-refractivity contribution is -0.118. The molecule has 0 atom stereocenters. The molecule has 1 aromatic heterocycles. The Morgan fingerprint density at radius 2 is 1.89 bits per heavy atom. The van der Waals surface area contributed by atoms with Crippen molar-refractivity contribution in [2.24, 2.45) is 0 Å². The second kappa shape index (κ2) is 9.10. The van der Waals surface area contributed by atoms with E-state index in [2.05, 4.69) is 15.6 Å². The summed E-state index contributed by atoms with van der Waals surface area (Å²) in [5.41, 5.74) is 2.73. The number of carbonyl (C=O) groups excluding carboxylic acids is 1. The third kappa shape index (κ3) is 5.37. The molecule has 0 spiro atoms. The van der Waals surface area contributed by atoms with Gasteiger partial charge in [-0.15, -0.1) is 0 Å². The number of nitrogens with one attached hydrogen (secondary N) is 2. The van der Waals surface area contributed by atoms with E-state index in [0.717, 1.165) is 22.7 Å². The fraction of sp³-hybridized carbons (Fsp3) is 0.143. The number of hydrogen-bond acceptors (Lipinski definition) is 5. The van der Waals surface area contributed by atoms with Gasteiger partial charge in [-0.2, -0.15) is 0 Å². The number of benzene rings is 2. The van der Waals surface area contributed by atoms with E-state index in [1.54, 1.807) is 43.6 Å². The van der Waals surface area contributed by atoms with Gasteiger partial charge in [0.2, 0.25) is 0 Å². The zero-order valence-corrected chi connectivity index (χ0v) is 16.3. The summed E-state index contributed by atoms with van der Waals surface area (Å²) in [5.74, 6) is 1.44. The number of halogens is 1. The molecule has 1 amide bonds. The SMILES string of the molecule is COc1ccc(C)cc1Nc1ccc(NC(=O)COc2ccc(Cl)cc2)nc1. The number of pyridine rings is 1. The van der Waals surface area contributed by atoms with Gasteiger partial charge in [0.05, 0.1) is 24.7 Å². The fourth-order valence-corrected chi connectivity index (χ4v) is 2.60. The largest absolute Gasteiger partial charge is 0.495 e. The Labute approximate surface area is 168 Å². The first-order chi connectivity index (χ1) is 13.5. The Morgan fingerprint density at radius 1 is 1.11 bits per heavy atom. The Bertz CT molecular complexity index is 944. The first kappa shape index (κ1) is 19.5. The summed E-state index contributed by atoms with van der Waals surface area (Å²) in [6.45, 7) is 1.89. The van der Waals surface area contributed by atoms with Crippen LogP contribution in [0.5, 0.6) is 11.5 Å². The molecule has 7 heteroatoms. The van der Waals surface area contributed by atoms with Crippen LogP contribution in [0, 0.1) is 6.92 Å². The molecule has 0 saturated heterocycles. The number of amides is 1. The molecule has 0 radical (unpaired) electrons. The summed E-state index contributed by atoms with van der Waals surface area (Å²) in [7, 11) is 1.62. The Kier molecular flexibility index (Phi) is 6.34. The average Bonchev–Trinajstić information content (AvgIpc) is 2.69. The quantitative estimate of drug-likeness (QED) is 0.598. The highest BCUT2D eigenvalue weighted by molar-refractivity contribution is 6.30. The zero-order chi connectivity index (χ0) is 19.9. The van der Waals surface area contributed by atoms with E-state index >= 15 is 0 Å². The smallest absolute Gasteiger partial charge is 0.263 e. The molecule has 144 valence electrons. The van der Waals surface area contributed by atoms with Gasteiger partial charge in [-0.05, 0) is 61.0 Å². The van der Waals surface area contributed by atoms with E-state index in [1.165, 1.54) is 0 Å². The second-order valence-corrected chi connectivity index (χ2v) is 6.49. The maximum Gasteiger partial charge on any atom is 0.263 e. The summed E-state index contributed by atoms with van der Waals surface area (Å²) in [6.07, 6.45) is 1.64. The van der Waals surface area contributed by atoms with Crippen LogP contribution in [0.25, 0.3) is 0 Å². The Balaban J connectivity index is 1.56. The van der Waals surface area contributed by atoms with E-state index in [0.29, 0.717) is 16.6 Å². The molecular formula is C21H20ClN3O3. The standard InChI is InChI=1S/C21H20ClN3O3/c1-14-3-9-19(27-2)18(11-14)24-16-6-10-20(23-12-16)25-21(26)13-28-17-7-4-15(22)5-8-17/h3-12,24H,13H2,1-2H3,(H,23,25,26). The molecule has 2 aromatic carbocycles. The van der Waals surface area contributed by atoms with E-state index < -0.39 is 0 Å². The highest BCUT2D eigenvalue weighted by Crippen LogP contribution is 2.28. The van der Waals surface area contributed by atoms with Crippen molar-refractivity contribution in [1.82, 2.24) is 4.98 Å². The van der Waals surface area contributed by atoms with Gasteiger partial charge in [0.1, 0.15) is 17.3 Å². The van der Waals surface area contributed by atoms with Gasteiger partial charge in [-0.3, -0.25) is 4.79 Å². The molecule has 2 N–H and O–H groups in total. The lowest BCUT2D eigenvalue weighted by Crippen LogP contribution is -2.20. The molecule has 1 heterocycles. The first-order valence-corrected chi connectivity index (χ1v) is 8.97. The number of aryl methyl sites for hydroxylation is 1. The van der Waals surface area contributed by atoms with Crippen molar-refractivity contribution in [3.63, 3.8) is 0 Å². The van der Waals surface area contributed by atoms with Crippen LogP contribution in [0.3, 0.4) is 0 Å². The minimum Gasteiger partial charge on any atom is -0.495 e. The van der Waals surface area contributed by atoms with Gasteiger partial charge in [0.25, 0.3) is 5.91 Å².